The van der Waals surface area contributed by atoms with Crippen molar-refractivity contribution in [1.82, 2.24) is 14.5 Å². The van der Waals surface area contributed by atoms with Gasteiger partial charge in [-0.25, -0.2) is 4.98 Å². The lowest BCUT2D eigenvalue weighted by Gasteiger charge is -2.11. The van der Waals surface area contributed by atoms with Gasteiger partial charge in [-0.05, 0) is 29.8 Å². The third-order valence-electron chi connectivity index (χ3n) is 3.88. The Bertz CT molecular complexity index is 914. The van der Waals surface area contributed by atoms with E-state index in [1.807, 2.05) is 48.5 Å². The van der Waals surface area contributed by atoms with Gasteiger partial charge in [0, 0.05) is 32.0 Å². The molecule has 0 aliphatic rings. The van der Waals surface area contributed by atoms with E-state index in [1.54, 1.807) is 30.8 Å². The molecule has 0 aliphatic heterocycles. The quantitative estimate of drug-likeness (QED) is 0.493. The zero-order valence-corrected chi connectivity index (χ0v) is 15.3. The molecule has 2 aromatic carbocycles. The van der Waals surface area contributed by atoms with E-state index in [1.165, 1.54) is 0 Å². The number of hydrogen-bond acceptors (Lipinski definition) is 3. The minimum absolute atomic E-state index is 0.0192. The molecular weight excluding hydrogens is 330 g/mol. The smallest absolute Gasteiger partial charge is 0.253 e. The SMILES string of the molecule is C=CCn1c(SCc2cccc(C(=O)N(C)C)c2)nc2ccccc21. The number of thioether (sulfide) groups is 1. The zero-order chi connectivity index (χ0) is 17.8. The second-order valence-corrected chi connectivity index (χ2v) is 6.91. The number of benzene rings is 2. The summed E-state index contributed by atoms with van der Waals surface area (Å²) in [6.45, 7) is 4.57. The summed E-state index contributed by atoms with van der Waals surface area (Å²) in [5.41, 5.74) is 3.92. The molecule has 0 fully saturated rings. The fourth-order valence-corrected chi connectivity index (χ4v) is 3.64. The summed E-state index contributed by atoms with van der Waals surface area (Å²) in [7, 11) is 3.53. The van der Waals surface area contributed by atoms with Crippen molar-refractivity contribution in [3.05, 3.63) is 72.3 Å². The van der Waals surface area contributed by atoms with Crippen molar-refractivity contribution in [2.45, 2.75) is 17.5 Å². The molecule has 1 amide bonds. The molecule has 0 atom stereocenters. The Morgan fingerprint density at radius 2 is 2.04 bits per heavy atom. The molecule has 0 N–H and O–H groups in total. The maximum atomic E-state index is 12.1. The predicted octanol–water partition coefficient (Wildman–Crippen LogP) is 4.22. The third kappa shape index (κ3) is 3.77. The predicted molar refractivity (Wildman–Crippen MR) is 104 cm³/mol. The third-order valence-corrected chi connectivity index (χ3v) is 4.93. The molecule has 128 valence electrons. The molecule has 3 rings (SSSR count). The Morgan fingerprint density at radius 1 is 1.24 bits per heavy atom. The summed E-state index contributed by atoms with van der Waals surface area (Å²) in [5.74, 6) is 0.778. The van der Waals surface area contributed by atoms with E-state index < -0.39 is 0 Å². The summed E-state index contributed by atoms with van der Waals surface area (Å²) >= 11 is 1.67. The van der Waals surface area contributed by atoms with E-state index in [-0.39, 0.29) is 5.91 Å². The van der Waals surface area contributed by atoms with Gasteiger partial charge in [0.05, 0.1) is 11.0 Å². The van der Waals surface area contributed by atoms with Crippen molar-refractivity contribution >= 4 is 28.7 Å². The minimum Gasteiger partial charge on any atom is -0.345 e. The van der Waals surface area contributed by atoms with E-state index in [2.05, 4.69) is 17.2 Å². The summed E-state index contributed by atoms with van der Waals surface area (Å²) in [6, 6.07) is 15.9. The van der Waals surface area contributed by atoms with Gasteiger partial charge in [-0.15, -0.1) is 6.58 Å². The number of carbonyl (C=O) groups is 1. The molecule has 0 saturated heterocycles. The summed E-state index contributed by atoms with van der Waals surface area (Å²) in [6.07, 6.45) is 1.88. The standard InChI is InChI=1S/C20H21N3OS/c1-4-12-23-18-11-6-5-10-17(18)21-20(23)25-14-15-8-7-9-16(13-15)19(24)22(2)3/h4-11,13H,1,12,14H2,2-3H3. The number of hydrogen-bond donors (Lipinski definition) is 0. The van der Waals surface area contributed by atoms with E-state index in [9.17, 15) is 4.79 Å². The van der Waals surface area contributed by atoms with Gasteiger partial charge in [0.15, 0.2) is 5.16 Å². The molecule has 0 radical (unpaired) electrons. The highest BCUT2D eigenvalue weighted by atomic mass is 32.2. The highest BCUT2D eigenvalue weighted by Crippen LogP contribution is 2.27. The van der Waals surface area contributed by atoms with Crippen LogP contribution < -0.4 is 0 Å². The van der Waals surface area contributed by atoms with Crippen LogP contribution in [-0.2, 0) is 12.3 Å². The van der Waals surface area contributed by atoms with Crippen LogP contribution in [0, 0.1) is 0 Å². The molecule has 25 heavy (non-hydrogen) atoms. The summed E-state index contributed by atoms with van der Waals surface area (Å²) < 4.78 is 2.17. The minimum atomic E-state index is 0.0192. The first-order valence-electron chi connectivity index (χ1n) is 8.09. The number of rotatable bonds is 6. The van der Waals surface area contributed by atoms with Crippen LogP contribution in [0.4, 0.5) is 0 Å². The van der Waals surface area contributed by atoms with Crippen molar-refractivity contribution in [1.29, 1.82) is 0 Å². The topological polar surface area (TPSA) is 38.1 Å². The number of nitrogens with zero attached hydrogens (tertiary/aromatic N) is 3. The summed E-state index contributed by atoms with van der Waals surface area (Å²) in [5, 5.41) is 0.963. The van der Waals surface area contributed by atoms with Crippen molar-refractivity contribution in [2.75, 3.05) is 14.1 Å². The van der Waals surface area contributed by atoms with Gasteiger partial charge in [-0.1, -0.05) is 42.1 Å². The van der Waals surface area contributed by atoms with Gasteiger partial charge in [0.2, 0.25) is 0 Å². The van der Waals surface area contributed by atoms with Crippen molar-refractivity contribution in [3.8, 4) is 0 Å². The highest BCUT2D eigenvalue weighted by Gasteiger charge is 2.12. The van der Waals surface area contributed by atoms with Crippen LogP contribution in [0.3, 0.4) is 0 Å². The fraction of sp³-hybridized carbons (Fsp3) is 0.200. The normalized spacial score (nSPS) is 10.8. The number of amides is 1. The lowest BCUT2D eigenvalue weighted by Crippen LogP contribution is -2.21. The van der Waals surface area contributed by atoms with Crippen molar-refractivity contribution in [3.63, 3.8) is 0 Å². The van der Waals surface area contributed by atoms with Crippen LogP contribution >= 0.6 is 11.8 Å². The Balaban J connectivity index is 1.83. The number of carbonyl (C=O) groups excluding carboxylic acids is 1. The molecule has 1 heterocycles. The average molecular weight is 351 g/mol. The van der Waals surface area contributed by atoms with Gasteiger partial charge in [-0.3, -0.25) is 4.79 Å². The average Bonchev–Trinajstić information content (AvgIpc) is 2.97. The van der Waals surface area contributed by atoms with Gasteiger partial charge in [-0.2, -0.15) is 0 Å². The molecular formula is C20H21N3OS. The number of para-hydroxylation sites is 2. The van der Waals surface area contributed by atoms with Crippen molar-refractivity contribution in [2.24, 2.45) is 0 Å². The molecule has 0 unspecified atom stereocenters. The Hall–Kier alpha value is -2.53. The number of allylic oxidation sites excluding steroid dienone is 1. The van der Waals surface area contributed by atoms with Crippen LogP contribution in [0.2, 0.25) is 0 Å². The van der Waals surface area contributed by atoms with E-state index in [0.717, 1.165) is 34.1 Å². The van der Waals surface area contributed by atoms with Crippen LogP contribution in [0.25, 0.3) is 11.0 Å². The number of imidazole rings is 1. The molecule has 0 saturated carbocycles. The Morgan fingerprint density at radius 3 is 2.80 bits per heavy atom. The maximum Gasteiger partial charge on any atom is 0.253 e. The lowest BCUT2D eigenvalue weighted by molar-refractivity contribution is 0.0827. The number of aromatic nitrogens is 2. The maximum absolute atomic E-state index is 12.1. The van der Waals surface area contributed by atoms with Crippen LogP contribution in [0.1, 0.15) is 15.9 Å². The van der Waals surface area contributed by atoms with Gasteiger partial charge in [0.1, 0.15) is 0 Å². The van der Waals surface area contributed by atoms with Crippen molar-refractivity contribution < 1.29 is 4.79 Å². The molecule has 1 aromatic heterocycles. The largest absolute Gasteiger partial charge is 0.345 e. The molecule has 0 spiro atoms. The summed E-state index contributed by atoms with van der Waals surface area (Å²) in [4.78, 5) is 18.4. The molecule has 3 aromatic rings. The Labute approximate surface area is 152 Å². The number of fused-ring (bicyclic) bond motifs is 1. The van der Waals surface area contributed by atoms with E-state index in [4.69, 9.17) is 4.98 Å². The van der Waals surface area contributed by atoms with Gasteiger partial charge >= 0.3 is 0 Å². The highest BCUT2D eigenvalue weighted by molar-refractivity contribution is 7.98. The molecule has 4 nitrogen and oxygen atoms in total. The first kappa shape index (κ1) is 17.3. The van der Waals surface area contributed by atoms with Gasteiger partial charge in [0.25, 0.3) is 5.91 Å². The monoisotopic (exact) mass is 351 g/mol. The second-order valence-electron chi connectivity index (χ2n) is 5.97. The molecule has 5 heteroatoms. The van der Waals surface area contributed by atoms with Crippen LogP contribution in [-0.4, -0.2) is 34.5 Å². The van der Waals surface area contributed by atoms with E-state index >= 15 is 0 Å². The molecule has 0 aliphatic carbocycles. The molecule has 0 bridgehead atoms. The first-order valence-corrected chi connectivity index (χ1v) is 9.08. The zero-order valence-electron chi connectivity index (χ0n) is 14.5. The van der Waals surface area contributed by atoms with Crippen LogP contribution in [0.15, 0.2) is 66.3 Å². The fourth-order valence-electron chi connectivity index (χ4n) is 2.67. The lowest BCUT2D eigenvalue weighted by atomic mass is 10.1. The van der Waals surface area contributed by atoms with Gasteiger partial charge < -0.3 is 9.47 Å². The second kappa shape index (κ2) is 7.57. The Kier molecular flexibility index (Phi) is 5.24. The first-order chi connectivity index (χ1) is 12.1. The van der Waals surface area contributed by atoms with Crippen LogP contribution in [0.5, 0.6) is 0 Å². The van der Waals surface area contributed by atoms with E-state index in [0.29, 0.717) is 5.56 Å².